The summed E-state index contributed by atoms with van der Waals surface area (Å²) < 4.78 is 0. The molecule has 0 unspecified atom stereocenters. The maximum atomic E-state index is 9.02. The Hall–Kier alpha value is -1.44. The molecule has 1 aromatic carbocycles. The summed E-state index contributed by atoms with van der Waals surface area (Å²) in [6, 6.07) is 7.43. The predicted molar refractivity (Wildman–Crippen MR) is 47.7 cm³/mol. The van der Waals surface area contributed by atoms with Crippen LogP contribution in [0.1, 0.15) is 5.56 Å². The molecule has 2 nitrogen and oxygen atoms in total. The van der Waals surface area contributed by atoms with Crippen LogP contribution in [0.4, 0.5) is 5.69 Å². The van der Waals surface area contributed by atoms with Crippen LogP contribution in [-0.4, -0.2) is 12.2 Å². The largest absolute Gasteiger partial charge is 0.508 e. The van der Waals surface area contributed by atoms with Crippen molar-refractivity contribution >= 4 is 11.4 Å². The molecule has 1 rings (SSSR count). The lowest BCUT2D eigenvalue weighted by Crippen LogP contribution is -1.88. The van der Waals surface area contributed by atoms with E-state index in [9.17, 15) is 0 Å². The molecule has 0 aromatic heterocycles. The van der Waals surface area contributed by atoms with Gasteiger partial charge in [-0.1, -0.05) is 18.7 Å². The zero-order valence-corrected chi connectivity index (χ0v) is 6.46. The van der Waals surface area contributed by atoms with Gasteiger partial charge in [-0.25, -0.2) is 0 Å². The minimum atomic E-state index is 0.0992. The summed E-state index contributed by atoms with van der Waals surface area (Å²) in [6.07, 6.45) is 0. The van der Waals surface area contributed by atoms with E-state index in [-0.39, 0.29) is 5.76 Å². The van der Waals surface area contributed by atoms with E-state index in [0.29, 0.717) is 0 Å². The molecule has 0 atom stereocenters. The first kappa shape index (κ1) is 7.66. The smallest absolute Gasteiger partial charge is 0.115 e. The van der Waals surface area contributed by atoms with Crippen molar-refractivity contribution in [1.82, 2.24) is 0 Å². The lowest BCUT2D eigenvalue weighted by Gasteiger charge is -2.01. The van der Waals surface area contributed by atoms with E-state index >= 15 is 0 Å². The minimum Gasteiger partial charge on any atom is -0.508 e. The molecule has 0 aliphatic rings. The molecule has 58 valence electrons. The topological polar surface area (TPSA) is 32.3 Å². The van der Waals surface area contributed by atoms with Gasteiger partial charge < -0.3 is 10.4 Å². The molecule has 2 heteroatoms. The normalized spacial score (nSPS) is 9.18. The molecule has 1 aromatic rings. The highest BCUT2D eigenvalue weighted by Crippen LogP contribution is 2.14. The Morgan fingerprint density at radius 1 is 1.55 bits per heavy atom. The molecular formula is C9H11NO. The van der Waals surface area contributed by atoms with E-state index in [2.05, 4.69) is 11.9 Å². The molecule has 0 heterocycles. The Morgan fingerprint density at radius 3 is 2.82 bits per heavy atom. The van der Waals surface area contributed by atoms with Gasteiger partial charge in [-0.05, 0) is 12.1 Å². The number of rotatable bonds is 2. The van der Waals surface area contributed by atoms with Gasteiger partial charge >= 0.3 is 0 Å². The summed E-state index contributed by atoms with van der Waals surface area (Å²) in [5.74, 6) is 0.0992. The average Bonchev–Trinajstić information content (AvgIpc) is 2.05. The van der Waals surface area contributed by atoms with Crippen molar-refractivity contribution in [3.63, 3.8) is 0 Å². The fourth-order valence-electron chi connectivity index (χ4n) is 0.854. The lowest BCUT2D eigenvalue weighted by atomic mass is 10.2. The van der Waals surface area contributed by atoms with E-state index in [1.807, 2.05) is 31.3 Å². The number of hydrogen-bond donors (Lipinski definition) is 2. The van der Waals surface area contributed by atoms with Gasteiger partial charge in [0, 0.05) is 18.3 Å². The Kier molecular flexibility index (Phi) is 2.16. The number of benzene rings is 1. The first-order valence-corrected chi connectivity index (χ1v) is 3.40. The van der Waals surface area contributed by atoms with Crippen LogP contribution in [0.25, 0.3) is 5.76 Å². The average molecular weight is 149 g/mol. The maximum absolute atomic E-state index is 9.02. The summed E-state index contributed by atoms with van der Waals surface area (Å²) in [6.45, 7) is 3.43. The minimum absolute atomic E-state index is 0.0992. The summed E-state index contributed by atoms with van der Waals surface area (Å²) in [4.78, 5) is 0. The second kappa shape index (κ2) is 3.10. The molecule has 11 heavy (non-hydrogen) atoms. The Balaban J connectivity index is 3.01. The van der Waals surface area contributed by atoms with E-state index in [0.717, 1.165) is 11.3 Å². The van der Waals surface area contributed by atoms with E-state index in [1.165, 1.54) is 0 Å². The van der Waals surface area contributed by atoms with Crippen molar-refractivity contribution in [2.45, 2.75) is 0 Å². The number of nitrogens with one attached hydrogen (secondary N) is 1. The summed E-state index contributed by atoms with van der Waals surface area (Å²) in [5.41, 5.74) is 1.72. The molecule has 0 radical (unpaired) electrons. The number of aliphatic hydroxyl groups is 1. The van der Waals surface area contributed by atoms with Gasteiger partial charge in [-0.3, -0.25) is 0 Å². The highest BCUT2D eigenvalue weighted by Gasteiger charge is 1.95. The van der Waals surface area contributed by atoms with E-state index in [4.69, 9.17) is 5.11 Å². The van der Waals surface area contributed by atoms with Gasteiger partial charge in [0.1, 0.15) is 5.76 Å². The van der Waals surface area contributed by atoms with Crippen LogP contribution >= 0.6 is 0 Å². The Bertz CT molecular complexity index is 268. The van der Waals surface area contributed by atoms with Crippen LogP contribution in [0, 0.1) is 0 Å². The van der Waals surface area contributed by atoms with Crippen LogP contribution in [-0.2, 0) is 0 Å². The molecule has 0 amide bonds. The molecule has 0 saturated carbocycles. The van der Waals surface area contributed by atoms with Crippen molar-refractivity contribution in [2.75, 3.05) is 12.4 Å². The maximum Gasteiger partial charge on any atom is 0.115 e. The van der Waals surface area contributed by atoms with Gasteiger partial charge in [0.25, 0.3) is 0 Å². The quantitative estimate of drug-likeness (QED) is 0.632. The third-order valence-electron chi connectivity index (χ3n) is 1.48. The predicted octanol–water partition coefficient (Wildman–Crippen LogP) is 2.26. The third kappa shape index (κ3) is 1.74. The monoisotopic (exact) mass is 149 g/mol. The van der Waals surface area contributed by atoms with Crippen LogP contribution < -0.4 is 5.32 Å². The van der Waals surface area contributed by atoms with Crippen LogP contribution in [0.2, 0.25) is 0 Å². The zero-order valence-electron chi connectivity index (χ0n) is 6.46. The SMILES string of the molecule is C=C(O)c1cccc(NC)c1. The van der Waals surface area contributed by atoms with Crippen molar-refractivity contribution in [3.05, 3.63) is 36.4 Å². The van der Waals surface area contributed by atoms with Crippen molar-refractivity contribution in [3.8, 4) is 0 Å². The molecule has 0 aliphatic heterocycles. The van der Waals surface area contributed by atoms with Crippen molar-refractivity contribution < 1.29 is 5.11 Å². The second-order valence-corrected chi connectivity index (χ2v) is 2.28. The molecular weight excluding hydrogens is 138 g/mol. The summed E-state index contributed by atoms with van der Waals surface area (Å²) >= 11 is 0. The second-order valence-electron chi connectivity index (χ2n) is 2.28. The molecule has 0 saturated heterocycles. The first-order valence-electron chi connectivity index (χ1n) is 3.40. The highest BCUT2D eigenvalue weighted by atomic mass is 16.3. The van der Waals surface area contributed by atoms with Crippen LogP contribution in [0.15, 0.2) is 30.8 Å². The Morgan fingerprint density at radius 2 is 2.27 bits per heavy atom. The van der Waals surface area contributed by atoms with E-state index in [1.54, 1.807) is 0 Å². The van der Waals surface area contributed by atoms with Crippen molar-refractivity contribution in [2.24, 2.45) is 0 Å². The third-order valence-corrected chi connectivity index (χ3v) is 1.48. The fraction of sp³-hybridized carbons (Fsp3) is 0.111. The van der Waals surface area contributed by atoms with Crippen LogP contribution in [0.3, 0.4) is 0 Å². The zero-order chi connectivity index (χ0) is 8.27. The Labute approximate surface area is 66.2 Å². The number of hydrogen-bond acceptors (Lipinski definition) is 2. The van der Waals surface area contributed by atoms with Crippen molar-refractivity contribution in [1.29, 1.82) is 0 Å². The van der Waals surface area contributed by atoms with E-state index < -0.39 is 0 Å². The van der Waals surface area contributed by atoms with Gasteiger partial charge in [0.05, 0.1) is 0 Å². The summed E-state index contributed by atoms with van der Waals surface area (Å²) in [7, 11) is 1.83. The van der Waals surface area contributed by atoms with Gasteiger partial charge in [-0.15, -0.1) is 0 Å². The summed E-state index contributed by atoms with van der Waals surface area (Å²) in [5, 5.41) is 12.0. The van der Waals surface area contributed by atoms with Gasteiger partial charge in [-0.2, -0.15) is 0 Å². The molecule has 0 fully saturated rings. The number of anilines is 1. The number of aliphatic hydroxyl groups excluding tert-OH is 1. The molecule has 2 N–H and O–H groups in total. The fourth-order valence-corrected chi connectivity index (χ4v) is 0.854. The molecule has 0 aliphatic carbocycles. The standard InChI is InChI=1S/C9H11NO/c1-7(11)8-4-3-5-9(6-8)10-2/h3-6,10-11H,1H2,2H3. The first-order chi connectivity index (χ1) is 5.24. The lowest BCUT2D eigenvalue weighted by molar-refractivity contribution is 0.514. The molecule has 0 bridgehead atoms. The highest BCUT2D eigenvalue weighted by molar-refractivity contribution is 5.61. The van der Waals surface area contributed by atoms with Gasteiger partial charge in [0.15, 0.2) is 0 Å². The van der Waals surface area contributed by atoms with Crippen LogP contribution in [0.5, 0.6) is 0 Å². The molecule has 0 spiro atoms. The van der Waals surface area contributed by atoms with Gasteiger partial charge in [0.2, 0.25) is 0 Å².